The highest BCUT2D eigenvalue weighted by Gasteiger charge is 2.61. The number of hydrogen-bond donors (Lipinski definition) is 1. The van der Waals surface area contributed by atoms with Gasteiger partial charge in [0.25, 0.3) is 0 Å². The van der Waals surface area contributed by atoms with E-state index in [0.29, 0.717) is 12.2 Å². The number of hydrogen-bond acceptors (Lipinski definition) is 4. The fraction of sp³-hybridized carbons (Fsp3) is 0.227. The summed E-state index contributed by atoms with van der Waals surface area (Å²) in [5.74, 6) is -0.325. The Hall–Kier alpha value is -2.76. The van der Waals surface area contributed by atoms with Gasteiger partial charge in [-0.3, -0.25) is 9.88 Å². The van der Waals surface area contributed by atoms with Gasteiger partial charge in [-0.2, -0.15) is 0 Å². The van der Waals surface area contributed by atoms with Crippen LogP contribution in [-0.2, 0) is 11.3 Å². The van der Waals surface area contributed by atoms with Gasteiger partial charge in [-0.15, -0.1) is 0 Å². The molecule has 5 heteroatoms. The smallest absolute Gasteiger partial charge is 0.173 e. The summed E-state index contributed by atoms with van der Waals surface area (Å²) < 4.78 is 13.5. The Morgan fingerprint density at radius 2 is 1.56 bits per heavy atom. The fourth-order valence-electron chi connectivity index (χ4n) is 4.18. The van der Waals surface area contributed by atoms with Crippen molar-refractivity contribution < 1.29 is 9.50 Å². The van der Waals surface area contributed by atoms with Crippen molar-refractivity contribution in [3.63, 3.8) is 0 Å². The highest BCUT2D eigenvalue weighted by molar-refractivity contribution is 5.55. The molecule has 138 valence electrons. The van der Waals surface area contributed by atoms with Crippen LogP contribution in [0.4, 0.5) is 10.1 Å². The van der Waals surface area contributed by atoms with E-state index in [-0.39, 0.29) is 5.82 Å². The van der Waals surface area contributed by atoms with Crippen molar-refractivity contribution >= 4 is 5.69 Å². The average Bonchev–Trinajstić information content (AvgIpc) is 2.92. The molecule has 2 aromatic carbocycles. The van der Waals surface area contributed by atoms with Gasteiger partial charge >= 0.3 is 0 Å². The molecule has 0 radical (unpaired) electrons. The Morgan fingerprint density at radius 3 is 2.19 bits per heavy atom. The Kier molecular flexibility index (Phi) is 4.21. The molecule has 1 N–H and O–H groups in total. The van der Waals surface area contributed by atoms with E-state index in [1.165, 1.54) is 12.1 Å². The first-order valence-corrected chi connectivity index (χ1v) is 8.91. The minimum absolute atomic E-state index is 0.325. The second-order valence-corrected chi connectivity index (χ2v) is 7.09. The Labute approximate surface area is 158 Å². The van der Waals surface area contributed by atoms with Crippen molar-refractivity contribution in [1.82, 2.24) is 9.88 Å². The lowest BCUT2D eigenvalue weighted by molar-refractivity contribution is -0.117. The maximum absolute atomic E-state index is 13.5. The molecule has 3 aromatic rings. The largest absolute Gasteiger partial charge is 0.369 e. The van der Waals surface area contributed by atoms with E-state index in [1.54, 1.807) is 24.5 Å². The second-order valence-electron chi connectivity index (χ2n) is 7.09. The molecule has 4 nitrogen and oxygen atoms in total. The van der Waals surface area contributed by atoms with Crippen LogP contribution in [-0.4, -0.2) is 28.7 Å². The molecule has 0 saturated carbocycles. The number of halogens is 1. The van der Waals surface area contributed by atoms with Gasteiger partial charge in [0.2, 0.25) is 0 Å². The number of likely N-dealkylation sites (N-methyl/N-ethyl adjacent to an activating group) is 1. The van der Waals surface area contributed by atoms with Gasteiger partial charge in [0.05, 0.1) is 6.67 Å². The van der Waals surface area contributed by atoms with E-state index < -0.39 is 11.3 Å². The number of rotatable bonds is 3. The third-order valence-corrected chi connectivity index (χ3v) is 5.68. The third kappa shape index (κ3) is 2.54. The zero-order chi connectivity index (χ0) is 19.1. The molecule has 0 bridgehead atoms. The first-order valence-electron chi connectivity index (χ1n) is 8.91. The van der Waals surface area contributed by atoms with Crippen molar-refractivity contribution in [2.24, 2.45) is 0 Å². The van der Waals surface area contributed by atoms with Crippen molar-refractivity contribution in [1.29, 1.82) is 0 Å². The number of anilines is 1. The summed E-state index contributed by atoms with van der Waals surface area (Å²) in [4.78, 5) is 8.20. The molecular formula is C22H22FN3O. The number of para-hydroxylation sites is 1. The van der Waals surface area contributed by atoms with Crippen LogP contribution in [0.2, 0.25) is 0 Å². The highest BCUT2D eigenvalue weighted by atomic mass is 19.1. The fourth-order valence-corrected chi connectivity index (χ4v) is 4.18. The number of aromatic nitrogens is 1. The number of benzene rings is 2. The molecule has 2 unspecified atom stereocenters. The minimum Gasteiger partial charge on any atom is -0.369 e. The van der Waals surface area contributed by atoms with Gasteiger partial charge in [-0.25, -0.2) is 4.39 Å². The number of nitrogens with zero attached hydrogens (tertiary/aromatic N) is 3. The molecule has 0 amide bonds. The van der Waals surface area contributed by atoms with Gasteiger partial charge in [0.15, 0.2) is 5.72 Å². The normalized spacial score (nSPS) is 25.7. The molecule has 2 atom stereocenters. The summed E-state index contributed by atoms with van der Waals surface area (Å²) in [6.07, 6.45) is 3.46. The summed E-state index contributed by atoms with van der Waals surface area (Å²) in [5, 5.41) is 12.1. The maximum atomic E-state index is 13.5. The van der Waals surface area contributed by atoms with Crippen molar-refractivity contribution in [2.45, 2.75) is 18.2 Å². The van der Waals surface area contributed by atoms with Crippen molar-refractivity contribution in [3.8, 4) is 0 Å². The van der Waals surface area contributed by atoms with Crippen LogP contribution in [0.1, 0.15) is 18.1 Å². The van der Waals surface area contributed by atoms with Gasteiger partial charge in [0.1, 0.15) is 11.4 Å². The van der Waals surface area contributed by atoms with E-state index >= 15 is 0 Å². The highest BCUT2D eigenvalue weighted by Crippen LogP contribution is 2.52. The maximum Gasteiger partial charge on any atom is 0.173 e. The molecule has 1 aliphatic rings. The molecule has 4 rings (SSSR count). The first kappa shape index (κ1) is 17.6. The van der Waals surface area contributed by atoms with Gasteiger partial charge < -0.3 is 10.0 Å². The molecule has 0 spiro atoms. The van der Waals surface area contributed by atoms with Crippen LogP contribution in [0.15, 0.2) is 79.1 Å². The van der Waals surface area contributed by atoms with Gasteiger partial charge in [0, 0.05) is 23.6 Å². The molecule has 1 saturated heterocycles. The van der Waals surface area contributed by atoms with E-state index in [1.807, 2.05) is 61.3 Å². The Morgan fingerprint density at radius 1 is 0.926 bits per heavy atom. The summed E-state index contributed by atoms with van der Waals surface area (Å²) in [7, 11) is 1.88. The monoisotopic (exact) mass is 363 g/mol. The van der Waals surface area contributed by atoms with Crippen LogP contribution < -0.4 is 4.90 Å². The lowest BCUT2D eigenvalue weighted by Crippen LogP contribution is -2.55. The molecule has 1 fully saturated rings. The standard InChI is InChI=1S/C22H22FN3O/c1-21(17-12-14-24-15-13-17)22(27,18-8-10-19(23)11-9-18)25(2)16-26(21)20-6-4-3-5-7-20/h3-15,27H,16H2,1-2H3. The van der Waals surface area contributed by atoms with Crippen molar-refractivity contribution in [2.75, 3.05) is 18.6 Å². The van der Waals surface area contributed by atoms with Crippen LogP contribution >= 0.6 is 0 Å². The zero-order valence-electron chi connectivity index (χ0n) is 15.4. The van der Waals surface area contributed by atoms with Crippen LogP contribution in [0.5, 0.6) is 0 Å². The zero-order valence-corrected chi connectivity index (χ0v) is 15.4. The summed E-state index contributed by atoms with van der Waals surface area (Å²) in [5.41, 5.74) is 0.394. The van der Waals surface area contributed by atoms with E-state index in [9.17, 15) is 9.50 Å². The van der Waals surface area contributed by atoms with E-state index in [0.717, 1.165) is 11.3 Å². The van der Waals surface area contributed by atoms with Gasteiger partial charge in [-0.1, -0.05) is 30.3 Å². The van der Waals surface area contributed by atoms with E-state index in [4.69, 9.17) is 0 Å². The van der Waals surface area contributed by atoms with Crippen LogP contribution in [0, 0.1) is 5.82 Å². The number of pyridine rings is 1. The topological polar surface area (TPSA) is 39.6 Å². The van der Waals surface area contributed by atoms with Gasteiger partial charge in [-0.05, 0) is 55.9 Å². The molecule has 1 aliphatic heterocycles. The van der Waals surface area contributed by atoms with Crippen LogP contribution in [0.3, 0.4) is 0 Å². The first-order chi connectivity index (χ1) is 13.0. The molecule has 0 aliphatic carbocycles. The summed E-state index contributed by atoms with van der Waals surface area (Å²) in [6, 6.07) is 19.9. The second kappa shape index (κ2) is 6.44. The Bertz CT molecular complexity index is 919. The molecule has 27 heavy (non-hydrogen) atoms. The molecule has 1 aromatic heterocycles. The quantitative estimate of drug-likeness (QED) is 0.770. The van der Waals surface area contributed by atoms with E-state index in [2.05, 4.69) is 9.88 Å². The Balaban J connectivity index is 1.95. The summed E-state index contributed by atoms with van der Waals surface area (Å²) in [6.45, 7) is 2.53. The predicted molar refractivity (Wildman–Crippen MR) is 103 cm³/mol. The predicted octanol–water partition coefficient (Wildman–Crippen LogP) is 3.69. The third-order valence-electron chi connectivity index (χ3n) is 5.68. The minimum atomic E-state index is -1.36. The number of aliphatic hydroxyl groups is 1. The SMILES string of the molecule is CN1CN(c2ccccc2)C(C)(c2ccncc2)C1(O)c1ccc(F)cc1. The molecule has 2 heterocycles. The van der Waals surface area contributed by atoms with Crippen LogP contribution in [0.25, 0.3) is 0 Å². The van der Waals surface area contributed by atoms with Crippen molar-refractivity contribution in [3.05, 3.63) is 96.1 Å². The lowest BCUT2D eigenvalue weighted by Gasteiger charge is -2.46. The lowest BCUT2D eigenvalue weighted by atomic mass is 9.77. The average molecular weight is 363 g/mol. The molecular weight excluding hydrogens is 341 g/mol. The summed E-state index contributed by atoms with van der Waals surface area (Å²) >= 11 is 0.